The van der Waals surface area contributed by atoms with Crippen LogP contribution in [0.2, 0.25) is 5.02 Å². The number of aromatic hydroxyl groups is 1. The third-order valence-corrected chi connectivity index (χ3v) is 7.55. The van der Waals surface area contributed by atoms with Crippen LogP contribution in [0.5, 0.6) is 11.5 Å². The van der Waals surface area contributed by atoms with Gasteiger partial charge in [-0.25, -0.2) is 9.37 Å². The number of halogens is 2. The monoisotopic (exact) mass is 526 g/mol. The fourth-order valence-corrected chi connectivity index (χ4v) is 5.63. The molecule has 1 saturated heterocycles. The van der Waals surface area contributed by atoms with Gasteiger partial charge in [0, 0.05) is 32.7 Å². The van der Waals surface area contributed by atoms with Crippen LogP contribution in [0, 0.1) is 11.7 Å². The minimum absolute atomic E-state index is 0.00850. The van der Waals surface area contributed by atoms with Gasteiger partial charge < -0.3 is 24.5 Å². The van der Waals surface area contributed by atoms with E-state index in [1.54, 1.807) is 9.80 Å². The van der Waals surface area contributed by atoms with Gasteiger partial charge in [0.15, 0.2) is 5.75 Å². The Morgan fingerprint density at radius 2 is 2.05 bits per heavy atom. The number of fused-ring (bicyclic) bond motifs is 2. The van der Waals surface area contributed by atoms with E-state index in [9.17, 15) is 19.1 Å². The van der Waals surface area contributed by atoms with Gasteiger partial charge in [0.25, 0.3) is 5.91 Å². The maximum atomic E-state index is 15.0. The summed E-state index contributed by atoms with van der Waals surface area (Å²) in [4.78, 5) is 36.5. The Morgan fingerprint density at radius 1 is 1.27 bits per heavy atom. The van der Waals surface area contributed by atoms with Crippen LogP contribution in [0.25, 0.3) is 16.8 Å². The van der Waals surface area contributed by atoms with Crippen molar-refractivity contribution in [3.8, 4) is 22.8 Å². The molecule has 2 amide bonds. The standard InChI is InChI=1S/C27H28ClFN4O4/c1-4-20(35)32-10-11-33-16(13-32)14-37-26-22(27(33)36)24(17-8-9-31(3)12-15(17)2)30-25(23(26)28)21-18(29)6-5-7-19(21)34/h4-8,15-16,34H,1,9-14H2,2-3H3/t15?,16-/m1/s1. The second kappa shape index (κ2) is 9.79. The number of carbonyl (C=O) groups excluding carboxylic acids is 2. The number of benzene rings is 1. The van der Waals surface area contributed by atoms with Crippen molar-refractivity contribution in [2.75, 3.05) is 46.4 Å². The molecular weight excluding hydrogens is 499 g/mol. The molecule has 1 N–H and O–H groups in total. The summed E-state index contributed by atoms with van der Waals surface area (Å²) in [5, 5.41) is 10.5. The van der Waals surface area contributed by atoms with Crippen molar-refractivity contribution in [1.82, 2.24) is 19.7 Å². The van der Waals surface area contributed by atoms with Crippen LogP contribution in [0.15, 0.2) is 36.9 Å². The lowest BCUT2D eigenvalue weighted by Gasteiger charge is -2.39. The van der Waals surface area contributed by atoms with Gasteiger partial charge in [-0.05, 0) is 36.7 Å². The molecule has 4 heterocycles. The number of phenols is 1. The van der Waals surface area contributed by atoms with Crippen molar-refractivity contribution in [2.24, 2.45) is 5.92 Å². The number of ether oxygens (including phenoxy) is 1. The quantitative estimate of drug-likeness (QED) is 0.617. The van der Waals surface area contributed by atoms with Crippen molar-refractivity contribution in [3.63, 3.8) is 0 Å². The summed E-state index contributed by atoms with van der Waals surface area (Å²) in [6.45, 7) is 8.04. The van der Waals surface area contributed by atoms with Gasteiger partial charge in [0.2, 0.25) is 5.91 Å². The average molecular weight is 527 g/mol. The zero-order valence-corrected chi connectivity index (χ0v) is 21.5. The van der Waals surface area contributed by atoms with Crippen LogP contribution in [0.1, 0.15) is 23.0 Å². The summed E-state index contributed by atoms with van der Waals surface area (Å²) in [6, 6.07) is 3.56. The Bertz CT molecular complexity index is 1310. The molecule has 1 unspecified atom stereocenters. The smallest absolute Gasteiger partial charge is 0.260 e. The molecule has 0 bridgehead atoms. The molecule has 10 heteroatoms. The van der Waals surface area contributed by atoms with Crippen molar-refractivity contribution in [1.29, 1.82) is 0 Å². The number of amides is 2. The van der Waals surface area contributed by atoms with Crippen molar-refractivity contribution in [2.45, 2.75) is 13.0 Å². The fraction of sp³-hybridized carbons (Fsp3) is 0.370. The zero-order valence-electron chi connectivity index (χ0n) is 20.7. The first kappa shape index (κ1) is 25.2. The molecule has 2 atom stereocenters. The summed E-state index contributed by atoms with van der Waals surface area (Å²) < 4.78 is 21.1. The molecule has 0 spiro atoms. The Hall–Kier alpha value is -3.43. The second-order valence-electron chi connectivity index (χ2n) is 9.69. The summed E-state index contributed by atoms with van der Waals surface area (Å²) in [5.74, 6) is -1.39. The van der Waals surface area contributed by atoms with Gasteiger partial charge in [-0.1, -0.05) is 37.2 Å². The highest BCUT2D eigenvalue weighted by Crippen LogP contribution is 2.46. The van der Waals surface area contributed by atoms with Crippen molar-refractivity contribution < 1.29 is 23.8 Å². The number of piperazine rings is 1. The fourth-order valence-electron chi connectivity index (χ4n) is 5.34. The SMILES string of the molecule is C=CC(=O)N1CCN2C(=O)c3c(C4=CCN(C)CC4C)nc(-c4c(O)cccc4F)c(Cl)c3OC[C@H]2C1. The summed E-state index contributed by atoms with van der Waals surface area (Å²) in [7, 11) is 2.01. The number of pyridine rings is 1. The van der Waals surface area contributed by atoms with E-state index >= 15 is 0 Å². The molecule has 0 radical (unpaired) electrons. The first-order valence-electron chi connectivity index (χ1n) is 12.2. The number of rotatable bonds is 3. The molecule has 0 saturated carbocycles. The number of phenolic OH excluding ortho intramolecular Hbond substituents is 1. The Morgan fingerprint density at radius 3 is 2.76 bits per heavy atom. The number of likely N-dealkylation sites (N-methyl/N-ethyl adjacent to an activating group) is 1. The second-order valence-corrected chi connectivity index (χ2v) is 10.1. The van der Waals surface area contributed by atoms with Gasteiger partial charge >= 0.3 is 0 Å². The molecule has 1 aromatic carbocycles. The van der Waals surface area contributed by atoms with Gasteiger partial charge in [-0.2, -0.15) is 0 Å². The highest BCUT2D eigenvalue weighted by atomic mass is 35.5. The molecule has 2 aromatic rings. The van der Waals surface area contributed by atoms with E-state index in [-0.39, 0.29) is 64.2 Å². The molecule has 5 rings (SSSR count). The zero-order chi connectivity index (χ0) is 26.4. The lowest BCUT2D eigenvalue weighted by molar-refractivity contribution is -0.128. The number of carbonyl (C=O) groups is 2. The van der Waals surface area contributed by atoms with E-state index in [1.807, 2.05) is 20.0 Å². The number of hydrogen-bond donors (Lipinski definition) is 1. The predicted octanol–water partition coefficient (Wildman–Crippen LogP) is 3.44. The van der Waals surface area contributed by atoms with Crippen LogP contribution in [0.3, 0.4) is 0 Å². The molecule has 1 fully saturated rings. The summed E-state index contributed by atoms with van der Waals surface area (Å²) in [5.41, 5.74) is 1.28. The molecule has 8 nitrogen and oxygen atoms in total. The van der Waals surface area contributed by atoms with Gasteiger partial charge in [-0.3, -0.25) is 9.59 Å². The van der Waals surface area contributed by atoms with Crippen LogP contribution < -0.4 is 4.74 Å². The molecule has 37 heavy (non-hydrogen) atoms. The molecule has 194 valence electrons. The number of hydrogen-bond acceptors (Lipinski definition) is 6. The minimum Gasteiger partial charge on any atom is -0.507 e. The highest BCUT2D eigenvalue weighted by Gasteiger charge is 2.41. The topological polar surface area (TPSA) is 86.2 Å². The number of aromatic nitrogens is 1. The van der Waals surface area contributed by atoms with Crippen molar-refractivity contribution in [3.05, 3.63) is 59.0 Å². The average Bonchev–Trinajstić information content (AvgIpc) is 3.01. The van der Waals surface area contributed by atoms with Crippen LogP contribution >= 0.6 is 11.6 Å². The van der Waals surface area contributed by atoms with Crippen molar-refractivity contribution >= 4 is 29.0 Å². The lowest BCUT2D eigenvalue weighted by atomic mass is 9.90. The van der Waals surface area contributed by atoms with Gasteiger partial charge in [-0.15, -0.1) is 0 Å². The Labute approximate surface area is 219 Å². The van der Waals surface area contributed by atoms with E-state index in [1.165, 1.54) is 24.3 Å². The third kappa shape index (κ3) is 4.36. The molecule has 3 aliphatic heterocycles. The Kier molecular flexibility index (Phi) is 6.68. The van der Waals surface area contributed by atoms with E-state index in [0.29, 0.717) is 25.3 Å². The first-order valence-corrected chi connectivity index (χ1v) is 12.5. The van der Waals surface area contributed by atoms with E-state index in [2.05, 4.69) is 11.5 Å². The van der Waals surface area contributed by atoms with Crippen LogP contribution in [-0.2, 0) is 4.79 Å². The maximum Gasteiger partial charge on any atom is 0.260 e. The molecular formula is C27H28ClFN4O4. The lowest BCUT2D eigenvalue weighted by Crippen LogP contribution is -2.57. The van der Waals surface area contributed by atoms with Crippen LogP contribution in [-0.4, -0.2) is 89.0 Å². The van der Waals surface area contributed by atoms with Gasteiger partial charge in [0.1, 0.15) is 34.5 Å². The largest absolute Gasteiger partial charge is 0.507 e. The maximum absolute atomic E-state index is 15.0. The first-order chi connectivity index (χ1) is 17.7. The molecule has 3 aliphatic rings. The third-order valence-electron chi connectivity index (χ3n) is 7.20. The van der Waals surface area contributed by atoms with E-state index in [0.717, 1.165) is 12.1 Å². The highest BCUT2D eigenvalue weighted by molar-refractivity contribution is 6.35. The predicted molar refractivity (Wildman–Crippen MR) is 138 cm³/mol. The number of nitrogens with zero attached hydrogens (tertiary/aromatic N) is 4. The van der Waals surface area contributed by atoms with E-state index < -0.39 is 11.9 Å². The molecule has 0 aliphatic carbocycles. The van der Waals surface area contributed by atoms with Crippen LogP contribution in [0.4, 0.5) is 4.39 Å². The normalized spacial score (nSPS) is 21.9. The summed E-state index contributed by atoms with van der Waals surface area (Å²) >= 11 is 6.77. The Balaban J connectivity index is 1.70. The minimum atomic E-state index is -0.693. The van der Waals surface area contributed by atoms with E-state index in [4.69, 9.17) is 21.3 Å². The molecule has 1 aromatic heterocycles. The van der Waals surface area contributed by atoms with Gasteiger partial charge in [0.05, 0.1) is 17.3 Å². The summed E-state index contributed by atoms with van der Waals surface area (Å²) in [6.07, 6.45) is 3.26.